The summed E-state index contributed by atoms with van der Waals surface area (Å²) in [5.41, 5.74) is 3.65. The van der Waals surface area contributed by atoms with Gasteiger partial charge < -0.3 is 10.2 Å². The molecule has 0 bridgehead atoms. The molecule has 3 heteroatoms. The van der Waals surface area contributed by atoms with Gasteiger partial charge in [-0.3, -0.25) is 4.98 Å². The van der Waals surface area contributed by atoms with Crippen LogP contribution < -0.4 is 10.2 Å². The van der Waals surface area contributed by atoms with Gasteiger partial charge in [0.1, 0.15) is 0 Å². The van der Waals surface area contributed by atoms with Crippen LogP contribution in [-0.4, -0.2) is 17.6 Å². The zero-order chi connectivity index (χ0) is 12.4. The molecule has 1 aliphatic rings. The van der Waals surface area contributed by atoms with Gasteiger partial charge in [0.2, 0.25) is 0 Å². The molecule has 0 spiro atoms. The molecule has 0 aliphatic carbocycles. The van der Waals surface area contributed by atoms with E-state index in [1.165, 1.54) is 17.1 Å². The first-order valence-electron chi connectivity index (χ1n) is 6.38. The molecule has 1 aliphatic heterocycles. The lowest BCUT2D eigenvalue weighted by molar-refractivity contribution is 0.721. The van der Waals surface area contributed by atoms with Crippen molar-refractivity contribution in [3.63, 3.8) is 0 Å². The third-order valence-corrected chi connectivity index (χ3v) is 3.36. The Morgan fingerprint density at radius 1 is 1.17 bits per heavy atom. The van der Waals surface area contributed by atoms with E-state index < -0.39 is 0 Å². The van der Waals surface area contributed by atoms with E-state index in [-0.39, 0.29) is 0 Å². The Bertz CT molecular complexity index is 524. The summed E-state index contributed by atoms with van der Waals surface area (Å²) >= 11 is 0. The maximum absolute atomic E-state index is 4.09. The largest absolute Gasteiger partial charge is 0.381 e. The van der Waals surface area contributed by atoms with Crippen LogP contribution in [0.5, 0.6) is 0 Å². The van der Waals surface area contributed by atoms with Crippen molar-refractivity contribution in [2.45, 2.75) is 19.4 Å². The van der Waals surface area contributed by atoms with E-state index in [9.17, 15) is 0 Å². The highest BCUT2D eigenvalue weighted by Crippen LogP contribution is 2.34. The van der Waals surface area contributed by atoms with Gasteiger partial charge in [-0.1, -0.05) is 12.1 Å². The lowest BCUT2D eigenvalue weighted by Gasteiger charge is -2.24. The second kappa shape index (κ2) is 4.69. The van der Waals surface area contributed by atoms with Crippen LogP contribution >= 0.6 is 0 Å². The van der Waals surface area contributed by atoms with Crippen LogP contribution in [0.4, 0.5) is 17.1 Å². The van der Waals surface area contributed by atoms with Crippen LogP contribution in [0.25, 0.3) is 0 Å². The number of nitrogens with zero attached hydrogens (tertiary/aromatic N) is 2. The van der Waals surface area contributed by atoms with Gasteiger partial charge in [-0.2, -0.15) is 0 Å². The highest BCUT2D eigenvalue weighted by Gasteiger charge is 2.18. The fourth-order valence-corrected chi connectivity index (χ4v) is 2.40. The van der Waals surface area contributed by atoms with Crippen molar-refractivity contribution in [2.75, 3.05) is 16.8 Å². The number of hydrogen-bond donors (Lipinski definition) is 1. The van der Waals surface area contributed by atoms with Crippen molar-refractivity contribution in [3.05, 3.63) is 48.8 Å². The Balaban J connectivity index is 2.05. The van der Waals surface area contributed by atoms with Crippen molar-refractivity contribution in [1.82, 2.24) is 4.98 Å². The zero-order valence-electron chi connectivity index (χ0n) is 10.5. The molecule has 3 rings (SSSR count). The van der Waals surface area contributed by atoms with E-state index in [4.69, 9.17) is 0 Å². The molecule has 0 amide bonds. The maximum Gasteiger partial charge on any atom is 0.0646 e. The van der Waals surface area contributed by atoms with E-state index in [1.807, 2.05) is 12.4 Å². The molecule has 1 atom stereocenters. The Morgan fingerprint density at radius 2 is 1.94 bits per heavy atom. The van der Waals surface area contributed by atoms with Gasteiger partial charge in [0, 0.05) is 30.7 Å². The lowest BCUT2D eigenvalue weighted by Crippen LogP contribution is -2.20. The van der Waals surface area contributed by atoms with Crippen LogP contribution in [0.2, 0.25) is 0 Å². The number of aromatic nitrogens is 1. The van der Waals surface area contributed by atoms with Gasteiger partial charge in [-0.05, 0) is 37.6 Å². The molecule has 18 heavy (non-hydrogen) atoms. The first-order chi connectivity index (χ1) is 8.84. The molecule has 0 fully saturated rings. The average molecular weight is 239 g/mol. The molecule has 1 N–H and O–H groups in total. The first-order valence-corrected chi connectivity index (χ1v) is 6.38. The third-order valence-electron chi connectivity index (χ3n) is 3.36. The topological polar surface area (TPSA) is 28.2 Å². The number of nitrogens with one attached hydrogen (secondary N) is 1. The second-order valence-electron chi connectivity index (χ2n) is 4.71. The highest BCUT2D eigenvalue weighted by atomic mass is 15.2. The normalized spacial score (nSPS) is 18.7. The summed E-state index contributed by atoms with van der Waals surface area (Å²) in [6.07, 6.45) is 4.82. The first kappa shape index (κ1) is 11.1. The second-order valence-corrected chi connectivity index (χ2v) is 4.71. The smallest absolute Gasteiger partial charge is 0.0646 e. The summed E-state index contributed by atoms with van der Waals surface area (Å²) in [5, 5.41) is 3.56. The molecular formula is C15H17N3. The summed E-state index contributed by atoms with van der Waals surface area (Å²) in [6, 6.07) is 13.1. The van der Waals surface area contributed by atoms with Gasteiger partial charge in [0.05, 0.1) is 11.4 Å². The number of fused-ring (bicyclic) bond motifs is 1. The molecular weight excluding hydrogens is 222 g/mol. The molecule has 2 aromatic rings. The fourth-order valence-electron chi connectivity index (χ4n) is 2.40. The Hall–Kier alpha value is -2.03. The number of para-hydroxylation sites is 2. The Morgan fingerprint density at radius 3 is 2.78 bits per heavy atom. The molecule has 1 aromatic carbocycles. The van der Waals surface area contributed by atoms with Gasteiger partial charge >= 0.3 is 0 Å². The van der Waals surface area contributed by atoms with E-state index in [0.717, 1.165) is 13.0 Å². The summed E-state index contributed by atoms with van der Waals surface area (Å²) in [4.78, 5) is 6.45. The Kier molecular flexibility index (Phi) is 2.89. The van der Waals surface area contributed by atoms with Crippen LogP contribution in [0, 0.1) is 0 Å². The predicted molar refractivity (Wildman–Crippen MR) is 75.4 cm³/mol. The molecule has 2 heterocycles. The summed E-state index contributed by atoms with van der Waals surface area (Å²) in [5.74, 6) is 0. The number of pyridine rings is 1. The molecule has 1 aromatic heterocycles. The maximum atomic E-state index is 4.09. The van der Waals surface area contributed by atoms with E-state index in [1.54, 1.807) is 0 Å². The lowest BCUT2D eigenvalue weighted by atomic mass is 10.2. The zero-order valence-corrected chi connectivity index (χ0v) is 10.5. The van der Waals surface area contributed by atoms with Crippen LogP contribution in [-0.2, 0) is 0 Å². The van der Waals surface area contributed by atoms with Crippen molar-refractivity contribution >= 4 is 17.1 Å². The van der Waals surface area contributed by atoms with Gasteiger partial charge in [-0.25, -0.2) is 0 Å². The summed E-state index contributed by atoms with van der Waals surface area (Å²) in [7, 11) is 0. The molecule has 92 valence electrons. The predicted octanol–water partition coefficient (Wildman–Crippen LogP) is 3.42. The van der Waals surface area contributed by atoms with E-state index in [0.29, 0.717) is 6.04 Å². The van der Waals surface area contributed by atoms with E-state index in [2.05, 4.69) is 58.5 Å². The third kappa shape index (κ3) is 2.04. The van der Waals surface area contributed by atoms with Crippen molar-refractivity contribution in [1.29, 1.82) is 0 Å². The number of rotatable bonds is 1. The standard InChI is InChI=1S/C15H17N3/c1-12-8-11-18(13-6-9-16-10-7-13)15-5-3-2-4-14(15)17-12/h2-7,9-10,12,17H,8,11H2,1H3. The highest BCUT2D eigenvalue weighted by molar-refractivity contribution is 5.77. The molecule has 0 radical (unpaired) electrons. The quantitative estimate of drug-likeness (QED) is 0.826. The SMILES string of the molecule is CC1CCN(c2ccncc2)c2ccccc2N1. The van der Waals surface area contributed by atoms with Gasteiger partial charge in [0.15, 0.2) is 0 Å². The summed E-state index contributed by atoms with van der Waals surface area (Å²) < 4.78 is 0. The van der Waals surface area contributed by atoms with Crippen molar-refractivity contribution in [3.8, 4) is 0 Å². The fraction of sp³-hybridized carbons (Fsp3) is 0.267. The van der Waals surface area contributed by atoms with Crippen LogP contribution in [0.1, 0.15) is 13.3 Å². The number of benzene rings is 1. The number of anilines is 3. The van der Waals surface area contributed by atoms with Crippen LogP contribution in [0.3, 0.4) is 0 Å². The molecule has 0 saturated heterocycles. The van der Waals surface area contributed by atoms with Crippen molar-refractivity contribution in [2.24, 2.45) is 0 Å². The molecule has 1 unspecified atom stereocenters. The van der Waals surface area contributed by atoms with Crippen molar-refractivity contribution < 1.29 is 0 Å². The monoisotopic (exact) mass is 239 g/mol. The van der Waals surface area contributed by atoms with Gasteiger partial charge in [-0.15, -0.1) is 0 Å². The summed E-state index contributed by atoms with van der Waals surface area (Å²) in [6.45, 7) is 3.25. The minimum absolute atomic E-state index is 0.498. The molecule has 3 nitrogen and oxygen atoms in total. The molecule has 0 saturated carbocycles. The van der Waals surface area contributed by atoms with E-state index >= 15 is 0 Å². The minimum atomic E-state index is 0.498. The Labute approximate surface area is 107 Å². The van der Waals surface area contributed by atoms with Gasteiger partial charge in [0.25, 0.3) is 0 Å². The average Bonchev–Trinajstić information content (AvgIpc) is 2.58. The number of hydrogen-bond acceptors (Lipinski definition) is 3. The minimum Gasteiger partial charge on any atom is -0.381 e. The van der Waals surface area contributed by atoms with Crippen LogP contribution in [0.15, 0.2) is 48.8 Å².